The molecule has 0 aliphatic carbocycles. The molecule has 16 heavy (non-hydrogen) atoms. The van der Waals surface area contributed by atoms with Gasteiger partial charge in [-0.3, -0.25) is 4.79 Å². The number of pyridine rings is 1. The summed E-state index contributed by atoms with van der Waals surface area (Å²) in [4.78, 5) is 14.3. The molecule has 0 aromatic carbocycles. The van der Waals surface area contributed by atoms with Crippen molar-refractivity contribution in [3.8, 4) is 0 Å². The van der Waals surface area contributed by atoms with Crippen LogP contribution in [0.4, 0.5) is 10.2 Å². The third-order valence-electron chi connectivity index (χ3n) is 1.61. The van der Waals surface area contributed by atoms with Crippen molar-refractivity contribution in [2.24, 2.45) is 0 Å². The first-order valence-electron chi connectivity index (χ1n) is 5.64. The number of nitrogens with zero attached hydrogens (tertiary/aromatic N) is 1. The van der Waals surface area contributed by atoms with Crippen LogP contribution in [0.3, 0.4) is 0 Å². The van der Waals surface area contributed by atoms with Crippen molar-refractivity contribution < 1.29 is 16.7 Å². The molecule has 0 bridgehead atoms. The van der Waals surface area contributed by atoms with E-state index in [1.165, 1.54) is 6.92 Å². The summed E-state index contributed by atoms with van der Waals surface area (Å²) in [6.45, 7) is 6.63. The van der Waals surface area contributed by atoms with Gasteiger partial charge in [0.25, 0.3) is 0 Å². The minimum absolute atomic E-state index is 0.0598. The Bertz CT molecular complexity index is 506. The number of amides is 1. The number of ether oxygens (including phenoxy) is 1. The van der Waals surface area contributed by atoms with Crippen LogP contribution in [0.15, 0.2) is 18.7 Å². The van der Waals surface area contributed by atoms with Crippen LogP contribution in [0.1, 0.15) is 22.2 Å². The van der Waals surface area contributed by atoms with Gasteiger partial charge in [-0.25, -0.2) is 4.98 Å². The molecule has 1 amide bonds. The molecule has 1 heterocycles. The predicted molar refractivity (Wildman–Crippen MR) is 59.2 cm³/mol. The van der Waals surface area contributed by atoms with Gasteiger partial charge in [0.15, 0.2) is 0 Å². The Hall–Kier alpha value is -1.91. The second kappa shape index (κ2) is 5.25. The smallest absolute Gasteiger partial charge is 0.225 e. The molecule has 4 nitrogen and oxygen atoms in total. The quantitative estimate of drug-likeness (QED) is 0.632. The summed E-state index contributed by atoms with van der Waals surface area (Å²) < 4.78 is 34.0. The van der Waals surface area contributed by atoms with E-state index in [1.807, 2.05) is 0 Å². The van der Waals surface area contributed by atoms with E-state index in [0.29, 0.717) is 0 Å². The minimum Gasteiger partial charge on any atom is -0.494 e. The molecule has 0 fully saturated rings. The first-order valence-corrected chi connectivity index (χ1v) is 4.64. The molecule has 0 saturated carbocycles. The van der Waals surface area contributed by atoms with Crippen molar-refractivity contribution in [1.29, 1.82) is 0 Å². The van der Waals surface area contributed by atoms with Crippen LogP contribution >= 0.6 is 0 Å². The summed E-state index contributed by atoms with van der Waals surface area (Å²) in [5.74, 6) is -1.85. The molecule has 0 radical (unpaired) electrons. The molecule has 1 aromatic rings. The average molecular weight is 226 g/mol. The highest BCUT2D eigenvalue weighted by atomic mass is 19.1. The molecular weight excluding hydrogens is 211 g/mol. The second-order valence-electron chi connectivity index (χ2n) is 2.91. The van der Waals surface area contributed by atoms with Gasteiger partial charge in [-0.1, -0.05) is 6.58 Å². The van der Waals surface area contributed by atoms with Crippen molar-refractivity contribution in [2.45, 2.75) is 13.8 Å². The number of anilines is 1. The molecule has 0 aliphatic rings. The van der Waals surface area contributed by atoms with Crippen LogP contribution < -0.4 is 5.32 Å². The van der Waals surface area contributed by atoms with E-state index in [4.69, 9.17) is 7.48 Å². The molecule has 0 unspecified atom stereocenters. The number of aromatic nitrogens is 1. The fourth-order valence-corrected chi connectivity index (χ4v) is 1.01. The van der Waals surface area contributed by atoms with Gasteiger partial charge >= 0.3 is 0 Å². The van der Waals surface area contributed by atoms with Gasteiger partial charge in [-0.2, -0.15) is 4.39 Å². The van der Waals surface area contributed by atoms with Crippen LogP contribution in [0.25, 0.3) is 5.76 Å². The lowest BCUT2D eigenvalue weighted by atomic mass is 10.2. The highest BCUT2D eigenvalue weighted by molar-refractivity contribution is 5.87. The summed E-state index contributed by atoms with van der Waals surface area (Å²) in [5, 5.41) is 2.18. The Morgan fingerprint density at radius 3 is 3.00 bits per heavy atom. The summed E-state index contributed by atoms with van der Waals surface area (Å²) in [6.07, 6.45) is 0. The zero-order valence-electron chi connectivity index (χ0n) is 11.1. The Morgan fingerprint density at radius 1 is 1.75 bits per heavy atom. The van der Waals surface area contributed by atoms with Gasteiger partial charge in [-0.05, 0) is 19.0 Å². The Morgan fingerprint density at radius 2 is 2.44 bits per heavy atom. The number of carbonyl (C=O) groups excluding carboxylic acids is 1. The zero-order valence-corrected chi connectivity index (χ0v) is 9.06. The normalized spacial score (nSPS) is 11.4. The number of rotatable bonds is 4. The summed E-state index contributed by atoms with van der Waals surface area (Å²) in [5.41, 5.74) is -0.268. The van der Waals surface area contributed by atoms with Crippen molar-refractivity contribution in [3.63, 3.8) is 0 Å². The summed E-state index contributed by atoms with van der Waals surface area (Å²) in [6, 6.07) is -0.813. The number of nitrogens with one attached hydrogen (secondary N) is 1. The Balaban J connectivity index is 3.28. The number of hydrogen-bond donors (Lipinski definition) is 1. The van der Waals surface area contributed by atoms with E-state index in [0.717, 1.165) is 0 Å². The third kappa shape index (κ3) is 3.05. The van der Waals surface area contributed by atoms with Crippen LogP contribution in [0.2, 0.25) is 0 Å². The molecule has 0 saturated heterocycles. The largest absolute Gasteiger partial charge is 0.494 e. The number of hydrogen-bond acceptors (Lipinski definition) is 3. The molecule has 0 spiro atoms. The van der Waals surface area contributed by atoms with Crippen molar-refractivity contribution in [3.05, 3.63) is 30.2 Å². The highest BCUT2D eigenvalue weighted by Gasteiger charge is 2.09. The highest BCUT2D eigenvalue weighted by Crippen LogP contribution is 2.18. The van der Waals surface area contributed by atoms with E-state index >= 15 is 0 Å². The molecule has 0 atom stereocenters. The monoisotopic (exact) mass is 226 g/mol. The van der Waals surface area contributed by atoms with Gasteiger partial charge in [-0.15, -0.1) is 0 Å². The summed E-state index contributed by atoms with van der Waals surface area (Å²) >= 11 is 0. The van der Waals surface area contributed by atoms with Crippen LogP contribution in [-0.4, -0.2) is 17.5 Å². The lowest BCUT2D eigenvalue weighted by Gasteiger charge is -2.08. The maximum atomic E-state index is 13.7. The molecule has 5 heteroatoms. The van der Waals surface area contributed by atoms with Gasteiger partial charge in [0.1, 0.15) is 11.6 Å². The van der Waals surface area contributed by atoms with E-state index in [9.17, 15) is 9.18 Å². The predicted octanol–water partition coefficient (Wildman–Crippen LogP) is 2.19. The van der Waals surface area contributed by atoms with Crippen molar-refractivity contribution >= 4 is 17.5 Å². The molecule has 1 N–H and O–H groups in total. The average Bonchev–Trinajstić information content (AvgIpc) is 2.25. The van der Waals surface area contributed by atoms with Crippen molar-refractivity contribution in [1.82, 2.24) is 4.98 Å². The minimum atomic E-state index is -1.00. The standard InChI is InChI=1S/C11H13FN2O2/c1-4-16-7(2)9-5-6-10(13-8(3)15)14-11(9)12/h5-6H,2,4H2,1,3H3,(H,13,14,15)/i5D,6D. The van der Waals surface area contributed by atoms with Crippen LogP contribution in [-0.2, 0) is 9.53 Å². The van der Waals surface area contributed by atoms with Crippen molar-refractivity contribution in [2.75, 3.05) is 11.9 Å². The van der Waals surface area contributed by atoms with Crippen LogP contribution in [0, 0.1) is 5.95 Å². The maximum absolute atomic E-state index is 13.7. The Kier molecular flexibility index (Phi) is 3.06. The lowest BCUT2D eigenvalue weighted by Crippen LogP contribution is -2.09. The maximum Gasteiger partial charge on any atom is 0.225 e. The summed E-state index contributed by atoms with van der Waals surface area (Å²) in [7, 11) is 0. The van der Waals surface area contributed by atoms with E-state index in [1.54, 1.807) is 6.92 Å². The lowest BCUT2D eigenvalue weighted by molar-refractivity contribution is -0.114. The van der Waals surface area contributed by atoms with E-state index in [-0.39, 0.29) is 29.8 Å². The second-order valence-corrected chi connectivity index (χ2v) is 2.91. The van der Waals surface area contributed by atoms with Gasteiger partial charge in [0.2, 0.25) is 11.9 Å². The van der Waals surface area contributed by atoms with E-state index < -0.39 is 17.9 Å². The van der Waals surface area contributed by atoms with E-state index in [2.05, 4.69) is 16.9 Å². The molecule has 86 valence electrons. The first-order chi connectivity index (χ1) is 8.38. The van der Waals surface area contributed by atoms with Gasteiger partial charge in [0, 0.05) is 6.92 Å². The molecule has 1 aromatic heterocycles. The Labute approximate surface area is 96.0 Å². The fourth-order valence-electron chi connectivity index (χ4n) is 1.01. The topological polar surface area (TPSA) is 51.2 Å². The first kappa shape index (κ1) is 9.33. The molecule has 1 rings (SSSR count). The van der Waals surface area contributed by atoms with Gasteiger partial charge in [0.05, 0.1) is 14.9 Å². The number of carbonyl (C=O) groups is 1. The fraction of sp³-hybridized carbons (Fsp3) is 0.273. The number of halogens is 1. The van der Waals surface area contributed by atoms with Crippen LogP contribution in [0.5, 0.6) is 0 Å². The zero-order chi connectivity index (χ0) is 13.9. The SMILES string of the molecule is [2H]c1c(NC(C)=O)nc(F)c(C(=C)OCC)c1[2H]. The molecular formula is C11H13FN2O2. The molecule has 0 aliphatic heterocycles. The van der Waals surface area contributed by atoms with Gasteiger partial charge < -0.3 is 10.1 Å². The third-order valence-corrected chi connectivity index (χ3v) is 1.61.